The standard InChI is InChI=1S/C10H12O2/c1-8(11)10(12)7-9-5-3-2-4-6-9/h2-8,10-12H,1H2. The molecule has 1 rings (SSSR count). The minimum atomic E-state index is -0.967. The Hall–Kier alpha value is -0.860. The van der Waals surface area contributed by atoms with Gasteiger partial charge in [-0.15, -0.1) is 0 Å². The van der Waals surface area contributed by atoms with Gasteiger partial charge >= 0.3 is 0 Å². The van der Waals surface area contributed by atoms with Gasteiger partial charge in [0, 0.05) is 6.42 Å². The molecule has 0 saturated carbocycles. The van der Waals surface area contributed by atoms with Gasteiger partial charge in [-0.25, -0.2) is 0 Å². The van der Waals surface area contributed by atoms with E-state index in [4.69, 9.17) is 5.11 Å². The summed E-state index contributed by atoms with van der Waals surface area (Å²) in [6, 6.07) is 9.34. The molecular weight excluding hydrogens is 152 g/mol. The van der Waals surface area contributed by atoms with Gasteiger partial charge in [0.15, 0.2) is 0 Å². The molecule has 0 aromatic heterocycles. The molecule has 0 bridgehead atoms. The van der Waals surface area contributed by atoms with Crippen LogP contribution in [0.2, 0.25) is 0 Å². The fourth-order valence-electron chi connectivity index (χ4n) is 0.872. The molecule has 0 spiro atoms. The third-order valence-corrected chi connectivity index (χ3v) is 1.56. The molecule has 2 radical (unpaired) electrons. The Morgan fingerprint density at radius 1 is 1.17 bits per heavy atom. The quantitative estimate of drug-likeness (QED) is 0.693. The molecule has 64 valence electrons. The fourth-order valence-corrected chi connectivity index (χ4v) is 0.872. The van der Waals surface area contributed by atoms with Gasteiger partial charge in [0.1, 0.15) is 0 Å². The Morgan fingerprint density at radius 2 is 1.75 bits per heavy atom. The SMILES string of the molecule is [CH2]C(O)C(O)[CH]c1ccccc1. The first-order chi connectivity index (χ1) is 5.70. The maximum atomic E-state index is 9.21. The lowest BCUT2D eigenvalue weighted by Crippen LogP contribution is -2.23. The molecule has 0 aliphatic carbocycles. The van der Waals surface area contributed by atoms with E-state index < -0.39 is 12.2 Å². The van der Waals surface area contributed by atoms with Crippen molar-refractivity contribution in [1.82, 2.24) is 0 Å². The van der Waals surface area contributed by atoms with Gasteiger partial charge < -0.3 is 10.2 Å². The van der Waals surface area contributed by atoms with Crippen LogP contribution in [0.5, 0.6) is 0 Å². The van der Waals surface area contributed by atoms with Crippen LogP contribution in [0.15, 0.2) is 30.3 Å². The molecular formula is C10H12O2. The summed E-state index contributed by atoms with van der Waals surface area (Å²) < 4.78 is 0. The highest BCUT2D eigenvalue weighted by molar-refractivity contribution is 5.24. The molecule has 2 unspecified atom stereocenters. The van der Waals surface area contributed by atoms with Crippen LogP contribution >= 0.6 is 0 Å². The van der Waals surface area contributed by atoms with E-state index in [9.17, 15) is 5.11 Å². The Kier molecular flexibility index (Phi) is 3.26. The largest absolute Gasteiger partial charge is 0.390 e. The van der Waals surface area contributed by atoms with Crippen LogP contribution in [0.3, 0.4) is 0 Å². The van der Waals surface area contributed by atoms with E-state index in [1.54, 1.807) is 6.42 Å². The number of aliphatic hydroxyl groups is 2. The van der Waals surface area contributed by atoms with Crippen LogP contribution in [0.4, 0.5) is 0 Å². The van der Waals surface area contributed by atoms with Gasteiger partial charge in [0.05, 0.1) is 12.2 Å². The fraction of sp³-hybridized carbons (Fsp3) is 0.200. The van der Waals surface area contributed by atoms with Crippen LogP contribution in [-0.2, 0) is 0 Å². The van der Waals surface area contributed by atoms with Gasteiger partial charge in [-0.05, 0) is 12.5 Å². The van der Waals surface area contributed by atoms with E-state index in [0.717, 1.165) is 5.56 Å². The number of rotatable bonds is 3. The van der Waals surface area contributed by atoms with E-state index >= 15 is 0 Å². The minimum absolute atomic E-state index is 0.882. The van der Waals surface area contributed by atoms with Gasteiger partial charge in [-0.3, -0.25) is 0 Å². The lowest BCUT2D eigenvalue weighted by molar-refractivity contribution is 0.0707. The van der Waals surface area contributed by atoms with Crippen molar-refractivity contribution in [3.63, 3.8) is 0 Å². The topological polar surface area (TPSA) is 40.5 Å². The third kappa shape index (κ3) is 2.64. The minimum Gasteiger partial charge on any atom is -0.390 e. The van der Waals surface area contributed by atoms with Gasteiger partial charge in [0.2, 0.25) is 0 Å². The van der Waals surface area contributed by atoms with E-state index in [0.29, 0.717) is 0 Å². The van der Waals surface area contributed by atoms with Crippen molar-refractivity contribution in [3.8, 4) is 0 Å². The molecule has 1 aromatic rings. The molecule has 0 fully saturated rings. The van der Waals surface area contributed by atoms with Crippen molar-refractivity contribution in [2.45, 2.75) is 12.2 Å². The number of hydrogen-bond acceptors (Lipinski definition) is 2. The molecule has 0 amide bonds. The summed E-state index contributed by atoms with van der Waals surface area (Å²) in [4.78, 5) is 0. The number of benzene rings is 1. The Balaban J connectivity index is 2.53. The summed E-state index contributed by atoms with van der Waals surface area (Å²) in [7, 11) is 0. The first kappa shape index (κ1) is 9.23. The molecule has 12 heavy (non-hydrogen) atoms. The summed E-state index contributed by atoms with van der Waals surface area (Å²) in [6.45, 7) is 3.31. The normalized spacial score (nSPS) is 15.6. The number of hydrogen-bond donors (Lipinski definition) is 2. The van der Waals surface area contributed by atoms with Crippen LogP contribution in [0.25, 0.3) is 0 Å². The monoisotopic (exact) mass is 164 g/mol. The van der Waals surface area contributed by atoms with Crippen molar-refractivity contribution < 1.29 is 10.2 Å². The number of aliphatic hydroxyl groups excluding tert-OH is 2. The molecule has 0 heterocycles. The zero-order chi connectivity index (χ0) is 8.97. The van der Waals surface area contributed by atoms with E-state index in [1.165, 1.54) is 0 Å². The van der Waals surface area contributed by atoms with Gasteiger partial charge in [-0.2, -0.15) is 0 Å². The first-order valence-corrected chi connectivity index (χ1v) is 3.79. The van der Waals surface area contributed by atoms with Crippen molar-refractivity contribution in [3.05, 3.63) is 49.2 Å². The maximum Gasteiger partial charge on any atom is 0.0874 e. The smallest absolute Gasteiger partial charge is 0.0874 e. The highest BCUT2D eigenvalue weighted by Gasteiger charge is 2.11. The molecule has 0 saturated heterocycles. The average molecular weight is 164 g/mol. The van der Waals surface area contributed by atoms with Crippen LogP contribution < -0.4 is 0 Å². The second kappa shape index (κ2) is 4.24. The van der Waals surface area contributed by atoms with Gasteiger partial charge in [-0.1, -0.05) is 30.3 Å². The third-order valence-electron chi connectivity index (χ3n) is 1.56. The molecule has 0 aliphatic rings. The Bertz CT molecular complexity index is 219. The lowest BCUT2D eigenvalue weighted by atomic mass is 10.1. The zero-order valence-corrected chi connectivity index (χ0v) is 6.72. The van der Waals surface area contributed by atoms with Crippen LogP contribution in [-0.4, -0.2) is 22.4 Å². The van der Waals surface area contributed by atoms with Crippen molar-refractivity contribution in [2.24, 2.45) is 0 Å². The van der Waals surface area contributed by atoms with E-state index in [2.05, 4.69) is 6.92 Å². The van der Waals surface area contributed by atoms with Crippen molar-refractivity contribution >= 4 is 0 Å². The average Bonchev–Trinajstić information content (AvgIpc) is 2.06. The molecule has 2 atom stereocenters. The zero-order valence-electron chi connectivity index (χ0n) is 6.72. The molecule has 0 aliphatic heterocycles. The molecule has 2 nitrogen and oxygen atoms in total. The highest BCUT2D eigenvalue weighted by Crippen LogP contribution is 2.07. The van der Waals surface area contributed by atoms with Crippen LogP contribution in [0.1, 0.15) is 5.56 Å². The lowest BCUT2D eigenvalue weighted by Gasteiger charge is -2.12. The molecule has 1 aromatic carbocycles. The predicted molar refractivity (Wildman–Crippen MR) is 47.2 cm³/mol. The summed E-state index contributed by atoms with van der Waals surface area (Å²) in [5.74, 6) is 0. The Labute approximate surface area is 72.5 Å². The van der Waals surface area contributed by atoms with Gasteiger partial charge in [0.25, 0.3) is 0 Å². The van der Waals surface area contributed by atoms with Crippen molar-refractivity contribution in [2.75, 3.05) is 0 Å². The van der Waals surface area contributed by atoms with E-state index in [1.807, 2.05) is 30.3 Å². The van der Waals surface area contributed by atoms with Crippen molar-refractivity contribution in [1.29, 1.82) is 0 Å². The van der Waals surface area contributed by atoms with Crippen LogP contribution in [0, 0.1) is 13.3 Å². The second-order valence-corrected chi connectivity index (χ2v) is 2.64. The first-order valence-electron chi connectivity index (χ1n) is 3.79. The predicted octanol–water partition coefficient (Wildman–Crippen LogP) is 0.795. The summed E-state index contributed by atoms with van der Waals surface area (Å²) in [5.41, 5.74) is 0.882. The summed E-state index contributed by atoms with van der Waals surface area (Å²) in [5, 5.41) is 18.1. The molecule has 2 N–H and O–H groups in total. The highest BCUT2D eigenvalue weighted by atomic mass is 16.3. The second-order valence-electron chi connectivity index (χ2n) is 2.64. The summed E-state index contributed by atoms with van der Waals surface area (Å²) >= 11 is 0. The maximum absolute atomic E-state index is 9.21. The summed E-state index contributed by atoms with van der Waals surface area (Å²) in [6.07, 6.45) is -0.296. The van der Waals surface area contributed by atoms with E-state index in [-0.39, 0.29) is 0 Å². The molecule has 2 heteroatoms. The Morgan fingerprint density at radius 3 is 2.25 bits per heavy atom.